The van der Waals surface area contributed by atoms with E-state index in [0.717, 1.165) is 6.07 Å². The van der Waals surface area contributed by atoms with Crippen LogP contribution in [0.2, 0.25) is 5.02 Å². The van der Waals surface area contributed by atoms with E-state index >= 15 is 0 Å². The van der Waals surface area contributed by atoms with Gasteiger partial charge in [-0.3, -0.25) is 0 Å². The SMILES string of the molecule is Nc1cc(Cl)ccc1C(O)c1ccc(F)c(C(F)(F)F)c1. The van der Waals surface area contributed by atoms with E-state index in [-0.39, 0.29) is 16.8 Å². The van der Waals surface area contributed by atoms with Gasteiger partial charge >= 0.3 is 6.18 Å². The molecule has 2 nitrogen and oxygen atoms in total. The molecule has 2 aromatic carbocycles. The largest absolute Gasteiger partial charge is 0.419 e. The molecule has 0 aliphatic carbocycles. The number of rotatable bonds is 2. The normalized spacial score (nSPS) is 13.2. The number of nitrogens with two attached hydrogens (primary N) is 1. The summed E-state index contributed by atoms with van der Waals surface area (Å²) in [6.07, 6.45) is -6.25. The summed E-state index contributed by atoms with van der Waals surface area (Å²) in [5.41, 5.74) is 4.45. The Morgan fingerprint density at radius 3 is 2.33 bits per heavy atom. The molecule has 0 heterocycles. The van der Waals surface area contributed by atoms with Crippen LogP contribution in [0.15, 0.2) is 36.4 Å². The quantitative estimate of drug-likeness (QED) is 0.645. The lowest BCUT2D eigenvalue weighted by molar-refractivity contribution is -0.140. The minimum atomic E-state index is -4.84. The average Bonchev–Trinajstić information content (AvgIpc) is 2.37. The number of aliphatic hydroxyl groups is 1. The average molecular weight is 320 g/mol. The Morgan fingerprint density at radius 2 is 1.76 bits per heavy atom. The van der Waals surface area contributed by atoms with Crippen LogP contribution in [0, 0.1) is 5.82 Å². The van der Waals surface area contributed by atoms with E-state index < -0.39 is 23.7 Å². The van der Waals surface area contributed by atoms with Crippen molar-refractivity contribution in [2.45, 2.75) is 12.3 Å². The van der Waals surface area contributed by atoms with Crippen molar-refractivity contribution in [1.82, 2.24) is 0 Å². The molecule has 0 saturated carbocycles. The van der Waals surface area contributed by atoms with Crippen molar-refractivity contribution in [2.24, 2.45) is 0 Å². The summed E-state index contributed by atoms with van der Waals surface area (Å²) in [5, 5.41) is 10.5. The second-order valence-corrected chi connectivity index (χ2v) is 4.85. The van der Waals surface area contributed by atoms with Crippen LogP contribution in [0.25, 0.3) is 0 Å². The van der Waals surface area contributed by atoms with E-state index in [2.05, 4.69) is 0 Å². The maximum absolute atomic E-state index is 13.2. The Labute approximate surface area is 122 Å². The molecule has 0 spiro atoms. The third-order valence-electron chi connectivity index (χ3n) is 2.95. The van der Waals surface area contributed by atoms with Gasteiger partial charge in [0.2, 0.25) is 0 Å². The van der Waals surface area contributed by atoms with Crippen molar-refractivity contribution in [3.8, 4) is 0 Å². The van der Waals surface area contributed by atoms with Crippen molar-refractivity contribution in [1.29, 1.82) is 0 Å². The van der Waals surface area contributed by atoms with E-state index in [4.69, 9.17) is 17.3 Å². The molecule has 0 radical (unpaired) electrons. The van der Waals surface area contributed by atoms with Crippen molar-refractivity contribution in [3.05, 3.63) is 63.9 Å². The van der Waals surface area contributed by atoms with Gasteiger partial charge in [0.05, 0.1) is 5.56 Å². The standard InChI is InChI=1S/C14H10ClF4NO/c15-8-2-3-9(12(20)6-8)13(21)7-1-4-11(16)10(5-7)14(17,18)19/h1-6,13,21H,20H2. The van der Waals surface area contributed by atoms with Gasteiger partial charge in [-0.2, -0.15) is 13.2 Å². The Bertz CT molecular complexity index is 673. The number of alkyl halides is 3. The third kappa shape index (κ3) is 3.28. The molecule has 0 aliphatic rings. The van der Waals surface area contributed by atoms with Crippen molar-refractivity contribution < 1.29 is 22.7 Å². The highest BCUT2D eigenvalue weighted by Gasteiger charge is 2.34. The Morgan fingerprint density at radius 1 is 1.10 bits per heavy atom. The van der Waals surface area contributed by atoms with Gasteiger partial charge in [-0.05, 0) is 29.8 Å². The third-order valence-corrected chi connectivity index (χ3v) is 3.19. The van der Waals surface area contributed by atoms with Crippen LogP contribution >= 0.6 is 11.6 Å². The zero-order valence-corrected chi connectivity index (χ0v) is 11.2. The van der Waals surface area contributed by atoms with Crippen LogP contribution < -0.4 is 5.73 Å². The van der Waals surface area contributed by atoms with E-state index in [1.807, 2.05) is 0 Å². The lowest BCUT2D eigenvalue weighted by Crippen LogP contribution is -2.11. The first kappa shape index (κ1) is 15.6. The molecule has 0 saturated heterocycles. The van der Waals surface area contributed by atoms with E-state index in [1.54, 1.807) is 0 Å². The Kier molecular flexibility index (Phi) is 4.11. The number of aliphatic hydroxyl groups excluding tert-OH is 1. The van der Waals surface area contributed by atoms with Gasteiger partial charge in [-0.25, -0.2) is 4.39 Å². The highest BCUT2D eigenvalue weighted by atomic mass is 35.5. The molecule has 0 fully saturated rings. The fourth-order valence-electron chi connectivity index (χ4n) is 1.90. The van der Waals surface area contributed by atoms with Gasteiger partial charge in [0.15, 0.2) is 0 Å². The first-order valence-electron chi connectivity index (χ1n) is 5.80. The maximum atomic E-state index is 13.2. The molecular formula is C14H10ClF4NO. The van der Waals surface area contributed by atoms with Crippen LogP contribution in [0.3, 0.4) is 0 Å². The number of halogens is 5. The van der Waals surface area contributed by atoms with Gasteiger partial charge in [0.1, 0.15) is 11.9 Å². The fourth-order valence-corrected chi connectivity index (χ4v) is 2.08. The second-order valence-electron chi connectivity index (χ2n) is 4.41. The number of nitrogen functional groups attached to an aromatic ring is 1. The molecule has 0 aromatic heterocycles. The van der Waals surface area contributed by atoms with Gasteiger partial charge < -0.3 is 10.8 Å². The summed E-state index contributed by atoms with van der Waals surface area (Å²) in [5.74, 6) is -1.40. The zero-order chi connectivity index (χ0) is 15.8. The van der Waals surface area contributed by atoms with Gasteiger partial charge in [0, 0.05) is 16.3 Å². The second kappa shape index (κ2) is 5.54. The number of hydrogen-bond acceptors (Lipinski definition) is 2. The Hall–Kier alpha value is -1.79. The molecule has 0 amide bonds. The highest BCUT2D eigenvalue weighted by molar-refractivity contribution is 6.30. The molecule has 1 atom stereocenters. The first-order valence-corrected chi connectivity index (χ1v) is 6.17. The molecule has 0 aliphatic heterocycles. The molecule has 1 unspecified atom stereocenters. The number of hydrogen-bond donors (Lipinski definition) is 2. The first-order chi connectivity index (χ1) is 9.70. The zero-order valence-electron chi connectivity index (χ0n) is 10.5. The molecule has 2 rings (SSSR count). The van der Waals surface area contributed by atoms with Crippen LogP contribution in [0.4, 0.5) is 23.2 Å². The van der Waals surface area contributed by atoms with Gasteiger partial charge in [-0.1, -0.05) is 23.7 Å². The van der Waals surface area contributed by atoms with Crippen LogP contribution in [0.5, 0.6) is 0 Å². The van der Waals surface area contributed by atoms with Gasteiger partial charge in [-0.15, -0.1) is 0 Å². The van der Waals surface area contributed by atoms with Crippen LogP contribution in [0.1, 0.15) is 22.8 Å². The molecule has 21 heavy (non-hydrogen) atoms. The molecular weight excluding hydrogens is 310 g/mol. The maximum Gasteiger partial charge on any atom is 0.419 e. The minimum absolute atomic E-state index is 0.113. The summed E-state index contributed by atoms with van der Waals surface area (Å²) >= 11 is 5.71. The molecule has 0 bridgehead atoms. The summed E-state index contributed by atoms with van der Waals surface area (Å²) in [6.45, 7) is 0. The highest BCUT2D eigenvalue weighted by Crippen LogP contribution is 2.35. The lowest BCUT2D eigenvalue weighted by atomic mass is 9.98. The Balaban J connectivity index is 2.46. The summed E-state index contributed by atoms with van der Waals surface area (Å²) in [4.78, 5) is 0. The number of anilines is 1. The molecule has 2 aromatic rings. The molecule has 7 heteroatoms. The molecule has 112 valence electrons. The summed E-state index contributed by atoms with van der Waals surface area (Å²) in [6, 6.07) is 6.52. The van der Waals surface area contributed by atoms with Crippen LogP contribution in [-0.4, -0.2) is 5.11 Å². The fraction of sp³-hybridized carbons (Fsp3) is 0.143. The van der Waals surface area contributed by atoms with Crippen LogP contribution in [-0.2, 0) is 6.18 Å². The summed E-state index contributed by atoms with van der Waals surface area (Å²) < 4.78 is 51.2. The minimum Gasteiger partial charge on any atom is -0.398 e. The molecule has 3 N–H and O–H groups in total. The van der Waals surface area contributed by atoms with Crippen molar-refractivity contribution in [2.75, 3.05) is 5.73 Å². The topological polar surface area (TPSA) is 46.2 Å². The van der Waals surface area contributed by atoms with Crippen molar-refractivity contribution >= 4 is 17.3 Å². The predicted molar refractivity (Wildman–Crippen MR) is 71.3 cm³/mol. The monoisotopic (exact) mass is 319 g/mol. The predicted octanol–water partition coefficient (Wildman–Crippen LogP) is 4.16. The number of benzene rings is 2. The van der Waals surface area contributed by atoms with Gasteiger partial charge in [0.25, 0.3) is 0 Å². The lowest BCUT2D eigenvalue weighted by Gasteiger charge is -2.16. The van der Waals surface area contributed by atoms with E-state index in [9.17, 15) is 22.7 Å². The summed E-state index contributed by atoms with van der Waals surface area (Å²) in [7, 11) is 0. The van der Waals surface area contributed by atoms with E-state index in [1.165, 1.54) is 18.2 Å². The van der Waals surface area contributed by atoms with Crippen molar-refractivity contribution in [3.63, 3.8) is 0 Å². The smallest absolute Gasteiger partial charge is 0.398 e. The van der Waals surface area contributed by atoms with E-state index in [0.29, 0.717) is 17.2 Å².